The van der Waals surface area contributed by atoms with Crippen molar-refractivity contribution in [3.63, 3.8) is 0 Å². The predicted molar refractivity (Wildman–Crippen MR) is 126 cm³/mol. The molecular formula is C25H19N3O5. The molecule has 2 heterocycles. The zero-order valence-corrected chi connectivity index (χ0v) is 17.6. The maximum Gasteiger partial charge on any atom is 0.336 e. The van der Waals surface area contributed by atoms with E-state index in [4.69, 9.17) is 9.41 Å². The molecule has 1 atom stereocenters. The Morgan fingerprint density at radius 3 is 2.76 bits per heavy atom. The quantitative estimate of drug-likeness (QED) is 0.250. The Kier molecular flexibility index (Phi) is 4.90. The van der Waals surface area contributed by atoms with Crippen molar-refractivity contribution in [2.75, 3.05) is 5.32 Å². The molecule has 8 nitrogen and oxygen atoms in total. The fourth-order valence-electron chi connectivity index (χ4n) is 4.18. The fourth-order valence-corrected chi connectivity index (χ4v) is 4.18. The van der Waals surface area contributed by atoms with Gasteiger partial charge in [0.15, 0.2) is 5.58 Å². The van der Waals surface area contributed by atoms with Gasteiger partial charge in [0, 0.05) is 30.0 Å². The molecule has 0 saturated carbocycles. The molecule has 0 unspecified atom stereocenters. The number of hydrogen-bond donors (Lipinski definition) is 2. The molecule has 0 fully saturated rings. The highest BCUT2D eigenvalue weighted by atomic mass is 16.6. The summed E-state index contributed by atoms with van der Waals surface area (Å²) in [4.78, 5) is 27.8. The van der Waals surface area contributed by atoms with Crippen molar-refractivity contribution < 1.29 is 14.4 Å². The first-order valence-corrected chi connectivity index (χ1v) is 10.3. The van der Waals surface area contributed by atoms with E-state index in [0.29, 0.717) is 34.3 Å². The first-order chi connectivity index (χ1) is 15.9. The van der Waals surface area contributed by atoms with Crippen LogP contribution in [0.2, 0.25) is 0 Å². The summed E-state index contributed by atoms with van der Waals surface area (Å²) in [7, 11) is 0. The van der Waals surface area contributed by atoms with E-state index in [1.54, 1.807) is 25.1 Å². The topological polar surface area (TPSA) is 118 Å². The van der Waals surface area contributed by atoms with Crippen molar-refractivity contribution in [2.24, 2.45) is 4.99 Å². The minimum absolute atomic E-state index is 0.0139. The van der Waals surface area contributed by atoms with Gasteiger partial charge >= 0.3 is 5.63 Å². The smallest absolute Gasteiger partial charge is 0.336 e. The number of nitro groups is 1. The highest BCUT2D eigenvalue weighted by Crippen LogP contribution is 2.39. The summed E-state index contributed by atoms with van der Waals surface area (Å²) in [5.74, 6) is -0.0628. The molecule has 1 aliphatic rings. The van der Waals surface area contributed by atoms with E-state index < -0.39 is 10.5 Å². The van der Waals surface area contributed by atoms with Crippen LogP contribution in [-0.4, -0.2) is 15.7 Å². The lowest BCUT2D eigenvalue weighted by Gasteiger charge is -2.19. The van der Waals surface area contributed by atoms with Gasteiger partial charge in [0.1, 0.15) is 5.75 Å². The van der Waals surface area contributed by atoms with Gasteiger partial charge in [-0.3, -0.25) is 15.1 Å². The normalized spacial score (nSPS) is 15.3. The van der Waals surface area contributed by atoms with Crippen molar-refractivity contribution in [1.29, 1.82) is 0 Å². The Morgan fingerprint density at radius 2 is 1.94 bits per heavy atom. The molecule has 0 bridgehead atoms. The number of non-ortho nitro benzene ring substituents is 1. The molecule has 5 rings (SSSR count). The zero-order chi connectivity index (χ0) is 23.1. The third kappa shape index (κ3) is 3.71. The molecule has 3 aromatic carbocycles. The van der Waals surface area contributed by atoms with Gasteiger partial charge in [0.2, 0.25) is 0 Å². The number of nitrogens with one attached hydrogen (secondary N) is 1. The molecule has 164 valence electrons. The number of benzene rings is 3. The predicted octanol–water partition coefficient (Wildman–Crippen LogP) is 5.39. The van der Waals surface area contributed by atoms with Crippen LogP contribution in [0.4, 0.5) is 17.1 Å². The molecule has 0 saturated heterocycles. The van der Waals surface area contributed by atoms with Crippen LogP contribution in [-0.2, 0) is 0 Å². The van der Waals surface area contributed by atoms with Crippen LogP contribution >= 0.6 is 0 Å². The van der Waals surface area contributed by atoms with Gasteiger partial charge in [-0.05, 0) is 42.3 Å². The van der Waals surface area contributed by atoms with Crippen LogP contribution < -0.4 is 10.9 Å². The van der Waals surface area contributed by atoms with E-state index in [1.165, 1.54) is 18.2 Å². The third-order valence-electron chi connectivity index (χ3n) is 5.76. The number of para-hydroxylation sites is 2. The molecule has 0 amide bonds. The molecule has 4 aromatic rings. The Bertz CT molecular complexity index is 1510. The van der Waals surface area contributed by atoms with E-state index in [9.17, 15) is 20.0 Å². The van der Waals surface area contributed by atoms with E-state index in [0.717, 1.165) is 11.3 Å². The van der Waals surface area contributed by atoms with Gasteiger partial charge < -0.3 is 14.8 Å². The van der Waals surface area contributed by atoms with Crippen molar-refractivity contribution in [2.45, 2.75) is 19.4 Å². The monoisotopic (exact) mass is 441 g/mol. The molecule has 33 heavy (non-hydrogen) atoms. The third-order valence-corrected chi connectivity index (χ3v) is 5.76. The van der Waals surface area contributed by atoms with E-state index in [-0.39, 0.29) is 23.1 Å². The summed E-state index contributed by atoms with van der Waals surface area (Å²) >= 11 is 0. The number of anilines is 1. The summed E-state index contributed by atoms with van der Waals surface area (Å²) in [5, 5.41) is 26.3. The largest absolute Gasteiger partial charge is 0.507 e. The minimum atomic E-state index is -0.519. The number of fused-ring (bicyclic) bond motifs is 2. The Balaban J connectivity index is 1.73. The lowest BCUT2D eigenvalue weighted by molar-refractivity contribution is -0.384. The van der Waals surface area contributed by atoms with Gasteiger partial charge in [-0.2, -0.15) is 0 Å². The SMILES string of the molecule is Cc1cc(=O)oc2c(C3=Nc4ccccc4N[C@H](c4cccc([N+](=O)[O-])c4)C3)c(O)ccc12. The van der Waals surface area contributed by atoms with Gasteiger partial charge in [0.25, 0.3) is 5.69 Å². The summed E-state index contributed by atoms with van der Waals surface area (Å²) in [6.07, 6.45) is 0.292. The number of phenols is 1. The number of hydrogen-bond acceptors (Lipinski definition) is 7. The van der Waals surface area contributed by atoms with Gasteiger partial charge in [-0.15, -0.1) is 0 Å². The molecule has 8 heteroatoms. The Labute approximate surface area is 188 Å². The Morgan fingerprint density at radius 1 is 1.12 bits per heavy atom. The number of nitrogens with zero attached hydrogens (tertiary/aromatic N) is 2. The summed E-state index contributed by atoms with van der Waals surface area (Å²) in [6, 6.07) is 18.1. The van der Waals surface area contributed by atoms with Crippen LogP contribution in [0, 0.1) is 17.0 Å². The van der Waals surface area contributed by atoms with Crippen molar-refractivity contribution in [1.82, 2.24) is 0 Å². The summed E-state index contributed by atoms with van der Waals surface area (Å²) in [6.45, 7) is 1.80. The average molecular weight is 441 g/mol. The van der Waals surface area contributed by atoms with E-state index in [2.05, 4.69) is 5.32 Å². The number of nitro benzene ring substituents is 1. The summed E-state index contributed by atoms with van der Waals surface area (Å²) < 4.78 is 5.52. The highest BCUT2D eigenvalue weighted by Gasteiger charge is 2.26. The van der Waals surface area contributed by atoms with E-state index >= 15 is 0 Å². The minimum Gasteiger partial charge on any atom is -0.507 e. The number of aliphatic imine (C=N–C) groups is 1. The molecule has 0 radical (unpaired) electrons. The van der Waals surface area contributed by atoms with Crippen LogP contribution in [0.5, 0.6) is 5.75 Å². The zero-order valence-electron chi connectivity index (χ0n) is 17.6. The van der Waals surface area contributed by atoms with Crippen molar-refractivity contribution >= 4 is 33.7 Å². The molecule has 0 aliphatic carbocycles. The highest BCUT2D eigenvalue weighted by molar-refractivity contribution is 6.13. The van der Waals surface area contributed by atoms with Crippen LogP contribution in [0.3, 0.4) is 0 Å². The second-order valence-corrected chi connectivity index (χ2v) is 7.91. The second-order valence-electron chi connectivity index (χ2n) is 7.91. The molecule has 1 aromatic heterocycles. The summed E-state index contributed by atoms with van der Waals surface area (Å²) in [5.41, 5.74) is 3.39. The first kappa shape index (κ1) is 20.4. The van der Waals surface area contributed by atoms with Crippen LogP contribution in [0.25, 0.3) is 11.0 Å². The number of phenolic OH excluding ortho intramolecular Hbond substituents is 1. The lowest BCUT2D eigenvalue weighted by Crippen LogP contribution is -2.15. The van der Waals surface area contributed by atoms with Crippen LogP contribution in [0.1, 0.15) is 29.2 Å². The van der Waals surface area contributed by atoms with Gasteiger partial charge in [-0.1, -0.05) is 24.3 Å². The maximum atomic E-state index is 12.1. The first-order valence-electron chi connectivity index (χ1n) is 10.3. The van der Waals surface area contributed by atoms with Crippen molar-refractivity contribution in [3.8, 4) is 5.75 Å². The lowest BCUT2D eigenvalue weighted by atomic mass is 9.94. The van der Waals surface area contributed by atoms with Crippen molar-refractivity contribution in [3.05, 3.63) is 104 Å². The van der Waals surface area contributed by atoms with Gasteiger partial charge in [0.05, 0.1) is 33.6 Å². The molecular weight excluding hydrogens is 422 g/mol. The van der Waals surface area contributed by atoms with Crippen LogP contribution in [0.15, 0.2) is 80.9 Å². The average Bonchev–Trinajstić information content (AvgIpc) is 2.98. The number of rotatable bonds is 3. The molecule has 0 spiro atoms. The standard InChI is InChI=1S/C25H19N3O5/c1-14-11-23(30)33-25-17(14)9-10-22(29)24(25)21-13-20(15-5-4-6-16(12-15)28(31)32)26-18-7-2-3-8-19(18)27-21/h2-12,20,26,29H,13H2,1H3/t20-/m0/s1. The molecule has 1 aliphatic heterocycles. The van der Waals surface area contributed by atoms with Gasteiger partial charge in [-0.25, -0.2) is 4.79 Å². The maximum absolute atomic E-state index is 12.1. The fraction of sp³-hybridized carbons (Fsp3) is 0.120. The Hall–Kier alpha value is -4.46. The number of aryl methyl sites for hydroxylation is 1. The second kappa shape index (κ2) is 7.90. The number of aromatic hydroxyl groups is 1. The van der Waals surface area contributed by atoms with E-state index in [1.807, 2.05) is 30.3 Å². The molecule has 2 N–H and O–H groups in total.